The smallest absolute Gasteiger partial charge is 0.126 e. The molecule has 0 fully saturated rings. The number of alkyl halides is 1. The maximum absolute atomic E-state index is 5.68. The molecule has 0 saturated heterocycles. The van der Waals surface area contributed by atoms with Crippen molar-refractivity contribution in [2.24, 2.45) is 0 Å². The second-order valence-electron chi connectivity index (χ2n) is 5.16. The highest BCUT2D eigenvalue weighted by molar-refractivity contribution is 9.10. The molecule has 0 aliphatic rings. The van der Waals surface area contributed by atoms with E-state index < -0.39 is 0 Å². The number of rotatable bonds is 4. The quantitative estimate of drug-likeness (QED) is 0.550. The molecule has 2 rings (SSSR count). The molecule has 21 heavy (non-hydrogen) atoms. The van der Waals surface area contributed by atoms with Gasteiger partial charge in [-0.05, 0) is 48.6 Å². The van der Waals surface area contributed by atoms with E-state index in [0.29, 0.717) is 0 Å². The van der Waals surface area contributed by atoms with Gasteiger partial charge in [-0.3, -0.25) is 0 Å². The SMILES string of the molecule is CCc1ccccc1C(Br)c1c(C)c(Br)cc(C)c1OC. The molecule has 2 aromatic carbocycles. The molecule has 0 spiro atoms. The molecule has 0 saturated carbocycles. The minimum absolute atomic E-state index is 0.125. The Kier molecular flexibility index (Phi) is 5.50. The summed E-state index contributed by atoms with van der Waals surface area (Å²) in [6.07, 6.45) is 1.02. The van der Waals surface area contributed by atoms with Crippen molar-refractivity contribution in [3.8, 4) is 5.75 Å². The monoisotopic (exact) mass is 410 g/mol. The fraction of sp³-hybridized carbons (Fsp3) is 0.333. The lowest BCUT2D eigenvalue weighted by Crippen LogP contribution is -2.04. The number of halogens is 2. The van der Waals surface area contributed by atoms with Gasteiger partial charge in [-0.15, -0.1) is 0 Å². The summed E-state index contributed by atoms with van der Waals surface area (Å²) in [6, 6.07) is 10.7. The zero-order valence-corrected chi connectivity index (χ0v) is 16.0. The molecule has 0 radical (unpaired) electrons. The molecule has 2 aromatic rings. The Balaban J connectivity index is 2.65. The predicted octanol–water partition coefficient (Wildman–Crippen LogP) is 6.12. The van der Waals surface area contributed by atoms with Crippen LogP contribution in [0.25, 0.3) is 0 Å². The fourth-order valence-corrected chi connectivity index (χ4v) is 4.27. The van der Waals surface area contributed by atoms with Crippen LogP contribution in [-0.4, -0.2) is 7.11 Å². The maximum atomic E-state index is 5.68. The molecule has 0 N–H and O–H groups in total. The van der Waals surface area contributed by atoms with Gasteiger partial charge < -0.3 is 4.74 Å². The molecule has 0 aliphatic carbocycles. The minimum Gasteiger partial charge on any atom is -0.496 e. The summed E-state index contributed by atoms with van der Waals surface area (Å²) in [6.45, 7) is 6.40. The average Bonchev–Trinajstić information content (AvgIpc) is 2.49. The Bertz CT molecular complexity index is 650. The third-order valence-corrected chi connectivity index (χ3v) is 5.65. The van der Waals surface area contributed by atoms with Crippen molar-refractivity contribution < 1.29 is 4.74 Å². The molecule has 0 aromatic heterocycles. The lowest BCUT2D eigenvalue weighted by atomic mass is 9.93. The number of hydrogen-bond donors (Lipinski definition) is 0. The molecule has 0 heterocycles. The maximum Gasteiger partial charge on any atom is 0.126 e. The third-order valence-electron chi connectivity index (χ3n) is 3.87. The highest BCUT2D eigenvalue weighted by atomic mass is 79.9. The highest BCUT2D eigenvalue weighted by Gasteiger charge is 2.22. The van der Waals surface area contributed by atoms with Crippen molar-refractivity contribution in [3.63, 3.8) is 0 Å². The summed E-state index contributed by atoms with van der Waals surface area (Å²) >= 11 is 7.56. The van der Waals surface area contributed by atoms with E-state index in [0.717, 1.165) is 22.2 Å². The van der Waals surface area contributed by atoms with Crippen molar-refractivity contribution in [2.75, 3.05) is 7.11 Å². The van der Waals surface area contributed by atoms with Crippen LogP contribution in [0.15, 0.2) is 34.8 Å². The first-order valence-corrected chi connectivity index (χ1v) is 8.77. The molecule has 1 nitrogen and oxygen atoms in total. The van der Waals surface area contributed by atoms with E-state index in [9.17, 15) is 0 Å². The van der Waals surface area contributed by atoms with Crippen molar-refractivity contribution >= 4 is 31.9 Å². The summed E-state index contributed by atoms with van der Waals surface area (Å²) in [7, 11) is 1.74. The number of aryl methyl sites for hydroxylation is 2. The van der Waals surface area contributed by atoms with Crippen LogP contribution in [0.3, 0.4) is 0 Å². The number of hydrogen-bond acceptors (Lipinski definition) is 1. The molecular formula is C18H20Br2O. The Morgan fingerprint density at radius 1 is 1.19 bits per heavy atom. The van der Waals surface area contributed by atoms with Crippen molar-refractivity contribution in [3.05, 3.63) is 62.6 Å². The first-order valence-electron chi connectivity index (χ1n) is 7.06. The summed E-state index contributed by atoms with van der Waals surface area (Å²) in [5, 5.41) is 0. The average molecular weight is 412 g/mol. The molecule has 0 bridgehead atoms. The van der Waals surface area contributed by atoms with E-state index in [1.54, 1.807) is 7.11 Å². The lowest BCUT2D eigenvalue weighted by Gasteiger charge is -2.22. The van der Waals surface area contributed by atoms with Crippen LogP contribution in [-0.2, 0) is 6.42 Å². The normalized spacial score (nSPS) is 12.3. The topological polar surface area (TPSA) is 9.23 Å². The van der Waals surface area contributed by atoms with Gasteiger partial charge in [0.15, 0.2) is 0 Å². The third kappa shape index (κ3) is 3.19. The summed E-state index contributed by atoms with van der Waals surface area (Å²) in [5.74, 6) is 0.962. The van der Waals surface area contributed by atoms with Gasteiger partial charge in [-0.25, -0.2) is 0 Å². The van der Waals surface area contributed by atoms with Gasteiger partial charge in [0.2, 0.25) is 0 Å². The van der Waals surface area contributed by atoms with Gasteiger partial charge in [-0.2, -0.15) is 0 Å². The van der Waals surface area contributed by atoms with Crippen molar-refractivity contribution in [1.82, 2.24) is 0 Å². The second-order valence-corrected chi connectivity index (χ2v) is 6.93. The van der Waals surface area contributed by atoms with Gasteiger partial charge in [0.25, 0.3) is 0 Å². The van der Waals surface area contributed by atoms with Gasteiger partial charge in [0.1, 0.15) is 5.75 Å². The Morgan fingerprint density at radius 3 is 2.48 bits per heavy atom. The van der Waals surface area contributed by atoms with Gasteiger partial charge in [0.05, 0.1) is 11.9 Å². The Labute approximate surface area is 144 Å². The predicted molar refractivity (Wildman–Crippen MR) is 96.8 cm³/mol. The fourth-order valence-electron chi connectivity index (χ4n) is 2.71. The minimum atomic E-state index is 0.125. The van der Waals surface area contributed by atoms with Crippen molar-refractivity contribution in [1.29, 1.82) is 0 Å². The number of methoxy groups -OCH3 is 1. The van der Waals surface area contributed by atoms with Gasteiger partial charge in [0, 0.05) is 10.0 Å². The number of benzene rings is 2. The summed E-state index contributed by atoms with van der Waals surface area (Å²) in [5.41, 5.74) is 6.22. The highest BCUT2D eigenvalue weighted by Crippen LogP contribution is 2.43. The molecule has 0 aliphatic heterocycles. The van der Waals surface area contributed by atoms with E-state index in [1.165, 1.54) is 22.3 Å². The van der Waals surface area contributed by atoms with Crippen LogP contribution in [0.4, 0.5) is 0 Å². The molecular weight excluding hydrogens is 392 g/mol. The van der Waals surface area contributed by atoms with E-state index >= 15 is 0 Å². The van der Waals surface area contributed by atoms with E-state index in [2.05, 4.69) is 83.0 Å². The number of ether oxygens (including phenoxy) is 1. The summed E-state index contributed by atoms with van der Waals surface area (Å²) < 4.78 is 6.80. The summed E-state index contributed by atoms with van der Waals surface area (Å²) in [4.78, 5) is 0.125. The molecule has 112 valence electrons. The zero-order chi connectivity index (χ0) is 15.6. The lowest BCUT2D eigenvalue weighted by molar-refractivity contribution is 0.406. The van der Waals surface area contributed by atoms with Crippen LogP contribution < -0.4 is 4.74 Å². The Hall–Kier alpha value is -0.800. The van der Waals surface area contributed by atoms with Crippen LogP contribution in [0.5, 0.6) is 5.75 Å². The Morgan fingerprint density at radius 2 is 1.86 bits per heavy atom. The molecule has 1 atom stereocenters. The molecule has 1 unspecified atom stereocenters. The largest absolute Gasteiger partial charge is 0.496 e. The van der Waals surface area contributed by atoms with Gasteiger partial charge in [-0.1, -0.05) is 63.0 Å². The second kappa shape index (κ2) is 6.97. The molecule has 3 heteroatoms. The van der Waals surface area contributed by atoms with Crippen LogP contribution in [0.1, 0.15) is 39.6 Å². The standard InChI is InChI=1S/C18H20Br2O/c1-5-13-8-6-7-9-14(13)17(20)16-12(3)15(19)10-11(2)18(16)21-4/h6-10,17H,5H2,1-4H3. The van der Waals surface area contributed by atoms with Crippen LogP contribution in [0.2, 0.25) is 0 Å². The van der Waals surface area contributed by atoms with Crippen LogP contribution >= 0.6 is 31.9 Å². The van der Waals surface area contributed by atoms with Gasteiger partial charge >= 0.3 is 0 Å². The van der Waals surface area contributed by atoms with Crippen LogP contribution in [0, 0.1) is 13.8 Å². The molecule has 0 amide bonds. The van der Waals surface area contributed by atoms with E-state index in [-0.39, 0.29) is 4.83 Å². The van der Waals surface area contributed by atoms with E-state index in [4.69, 9.17) is 4.74 Å². The van der Waals surface area contributed by atoms with Crippen molar-refractivity contribution in [2.45, 2.75) is 32.0 Å². The first kappa shape index (κ1) is 16.6. The van der Waals surface area contributed by atoms with E-state index in [1.807, 2.05) is 0 Å². The zero-order valence-electron chi connectivity index (χ0n) is 12.8. The first-order chi connectivity index (χ1) is 10.0.